The van der Waals surface area contributed by atoms with Crippen LogP contribution in [0.15, 0.2) is 0 Å². The van der Waals surface area contributed by atoms with Gasteiger partial charge < -0.3 is 10.4 Å². The maximum absolute atomic E-state index is 12.3. The Hall–Kier alpha value is -1.12. The summed E-state index contributed by atoms with van der Waals surface area (Å²) in [5.41, 5.74) is -0.641. The van der Waals surface area contributed by atoms with Gasteiger partial charge in [-0.25, -0.2) is 0 Å². The quantitative estimate of drug-likeness (QED) is 0.747. The number of nitriles is 1. The molecule has 0 radical (unpaired) electrons. The Balaban J connectivity index is 1.87. The van der Waals surface area contributed by atoms with E-state index in [2.05, 4.69) is 16.3 Å². The highest BCUT2D eigenvalue weighted by molar-refractivity contribution is 5.79. The van der Waals surface area contributed by atoms with Crippen molar-refractivity contribution in [2.75, 3.05) is 19.7 Å². The first kappa shape index (κ1) is 16.3. The minimum atomic E-state index is -0.641. The second-order valence-corrected chi connectivity index (χ2v) is 6.44. The monoisotopic (exact) mass is 293 g/mol. The standard InChI is InChI=1S/C16H27N3O2/c17-13-16(8-2-1-3-9-16)18-15(21)12-19(10-5-11-20)14-6-4-7-14/h14,20H,1-12H2,(H,18,21). The molecule has 118 valence electrons. The van der Waals surface area contributed by atoms with Crippen LogP contribution in [0.25, 0.3) is 0 Å². The smallest absolute Gasteiger partial charge is 0.235 e. The third-order valence-electron chi connectivity index (χ3n) is 4.84. The molecule has 2 rings (SSSR count). The van der Waals surface area contributed by atoms with Crippen LogP contribution in [0.5, 0.6) is 0 Å². The van der Waals surface area contributed by atoms with E-state index in [-0.39, 0.29) is 12.5 Å². The summed E-state index contributed by atoms with van der Waals surface area (Å²) >= 11 is 0. The molecule has 0 saturated heterocycles. The van der Waals surface area contributed by atoms with Crippen LogP contribution in [0, 0.1) is 11.3 Å². The molecule has 2 fully saturated rings. The van der Waals surface area contributed by atoms with Crippen LogP contribution in [-0.2, 0) is 4.79 Å². The average Bonchev–Trinajstić information content (AvgIpc) is 2.43. The van der Waals surface area contributed by atoms with E-state index >= 15 is 0 Å². The third-order valence-corrected chi connectivity index (χ3v) is 4.84. The summed E-state index contributed by atoms with van der Waals surface area (Å²) in [7, 11) is 0. The number of aliphatic hydroxyl groups is 1. The van der Waals surface area contributed by atoms with Gasteiger partial charge in [-0.15, -0.1) is 0 Å². The molecule has 5 nitrogen and oxygen atoms in total. The maximum atomic E-state index is 12.3. The lowest BCUT2D eigenvalue weighted by molar-refractivity contribution is -0.125. The van der Waals surface area contributed by atoms with E-state index in [4.69, 9.17) is 5.11 Å². The highest BCUT2D eigenvalue weighted by Gasteiger charge is 2.34. The van der Waals surface area contributed by atoms with Crippen LogP contribution in [0.2, 0.25) is 0 Å². The van der Waals surface area contributed by atoms with Crippen molar-refractivity contribution in [3.05, 3.63) is 0 Å². The van der Waals surface area contributed by atoms with Crippen molar-refractivity contribution < 1.29 is 9.90 Å². The van der Waals surface area contributed by atoms with Gasteiger partial charge in [0.1, 0.15) is 5.54 Å². The van der Waals surface area contributed by atoms with Gasteiger partial charge >= 0.3 is 0 Å². The molecule has 0 bridgehead atoms. The van der Waals surface area contributed by atoms with Crippen LogP contribution in [0.3, 0.4) is 0 Å². The molecule has 2 saturated carbocycles. The largest absolute Gasteiger partial charge is 0.396 e. The zero-order valence-electron chi connectivity index (χ0n) is 12.8. The normalized spacial score (nSPS) is 21.6. The van der Waals surface area contributed by atoms with Gasteiger partial charge in [0.15, 0.2) is 0 Å². The number of carbonyl (C=O) groups is 1. The van der Waals surface area contributed by atoms with Crippen molar-refractivity contribution in [1.29, 1.82) is 5.26 Å². The number of amides is 1. The maximum Gasteiger partial charge on any atom is 0.235 e. The summed E-state index contributed by atoms with van der Waals surface area (Å²) in [6, 6.07) is 2.81. The lowest BCUT2D eigenvalue weighted by Gasteiger charge is -2.38. The Morgan fingerprint density at radius 1 is 1.29 bits per heavy atom. The van der Waals surface area contributed by atoms with Crippen molar-refractivity contribution in [1.82, 2.24) is 10.2 Å². The SMILES string of the molecule is N#CC1(NC(=O)CN(CCCO)C2CCC2)CCCCC1. The van der Waals surface area contributed by atoms with Crippen molar-refractivity contribution >= 4 is 5.91 Å². The first-order chi connectivity index (χ1) is 10.2. The van der Waals surface area contributed by atoms with Gasteiger partial charge in [0, 0.05) is 19.2 Å². The molecule has 0 heterocycles. The number of aliphatic hydroxyl groups excluding tert-OH is 1. The molecular weight excluding hydrogens is 266 g/mol. The average molecular weight is 293 g/mol. The predicted molar refractivity (Wildman–Crippen MR) is 80.5 cm³/mol. The van der Waals surface area contributed by atoms with Gasteiger partial charge in [-0.05, 0) is 32.1 Å². The van der Waals surface area contributed by atoms with Crippen LogP contribution in [0.1, 0.15) is 57.8 Å². The topological polar surface area (TPSA) is 76.4 Å². The number of rotatable bonds is 7. The zero-order chi connectivity index (χ0) is 15.1. The molecule has 2 N–H and O–H groups in total. The molecule has 1 amide bonds. The van der Waals surface area contributed by atoms with E-state index in [9.17, 15) is 10.1 Å². The van der Waals surface area contributed by atoms with Crippen LogP contribution >= 0.6 is 0 Å². The summed E-state index contributed by atoms with van der Waals surface area (Å²) in [5, 5.41) is 21.4. The van der Waals surface area contributed by atoms with E-state index in [1.54, 1.807) is 0 Å². The molecular formula is C16H27N3O2. The number of nitrogens with zero attached hydrogens (tertiary/aromatic N) is 2. The number of hydrogen-bond acceptors (Lipinski definition) is 4. The minimum Gasteiger partial charge on any atom is -0.396 e. The minimum absolute atomic E-state index is 0.0386. The molecule has 0 aliphatic heterocycles. The molecule has 21 heavy (non-hydrogen) atoms. The highest BCUT2D eigenvalue weighted by atomic mass is 16.3. The summed E-state index contributed by atoms with van der Waals surface area (Å²) in [4.78, 5) is 14.5. The molecule has 2 aliphatic rings. The molecule has 0 aromatic carbocycles. The van der Waals surface area contributed by atoms with Gasteiger partial charge in [-0.3, -0.25) is 9.69 Å². The zero-order valence-corrected chi connectivity index (χ0v) is 12.8. The van der Waals surface area contributed by atoms with Crippen LogP contribution in [-0.4, -0.2) is 47.2 Å². The van der Waals surface area contributed by atoms with Crippen LogP contribution < -0.4 is 5.32 Å². The van der Waals surface area contributed by atoms with Crippen molar-refractivity contribution in [3.8, 4) is 6.07 Å². The van der Waals surface area contributed by atoms with Crippen LogP contribution in [0.4, 0.5) is 0 Å². The number of carbonyl (C=O) groups excluding carboxylic acids is 1. The Morgan fingerprint density at radius 2 is 2.00 bits per heavy atom. The van der Waals surface area contributed by atoms with Gasteiger partial charge in [-0.1, -0.05) is 25.7 Å². The Kier molecular flexibility index (Phi) is 6.01. The van der Waals surface area contributed by atoms with E-state index < -0.39 is 5.54 Å². The fourth-order valence-electron chi connectivity index (χ4n) is 3.33. The Bertz CT molecular complexity index is 381. The molecule has 0 unspecified atom stereocenters. The lowest BCUT2D eigenvalue weighted by atomic mass is 9.83. The molecule has 2 aliphatic carbocycles. The highest BCUT2D eigenvalue weighted by Crippen LogP contribution is 2.28. The summed E-state index contributed by atoms with van der Waals surface area (Å²) < 4.78 is 0. The second kappa shape index (κ2) is 7.77. The van der Waals surface area contributed by atoms with Gasteiger partial charge in [0.05, 0.1) is 12.6 Å². The fraction of sp³-hybridized carbons (Fsp3) is 0.875. The van der Waals surface area contributed by atoms with Gasteiger partial charge in [0.2, 0.25) is 5.91 Å². The Morgan fingerprint density at radius 3 is 2.52 bits per heavy atom. The summed E-state index contributed by atoms with van der Waals surface area (Å²) in [6.07, 6.45) is 8.95. The fourth-order valence-corrected chi connectivity index (χ4v) is 3.33. The van der Waals surface area contributed by atoms with Gasteiger partial charge in [0.25, 0.3) is 0 Å². The molecule has 5 heteroatoms. The lowest BCUT2D eigenvalue weighted by Crippen LogP contribution is -2.53. The molecule has 0 aromatic rings. The summed E-state index contributed by atoms with van der Waals surface area (Å²) in [6.45, 7) is 1.27. The van der Waals surface area contributed by atoms with Crippen molar-refractivity contribution in [2.24, 2.45) is 0 Å². The molecule has 0 aromatic heterocycles. The Labute approximate surface area is 127 Å². The van der Waals surface area contributed by atoms with E-state index in [1.807, 2.05) is 0 Å². The molecule has 0 atom stereocenters. The summed E-state index contributed by atoms with van der Waals surface area (Å²) in [5.74, 6) is -0.0386. The van der Waals surface area contributed by atoms with E-state index in [0.717, 1.165) is 51.5 Å². The number of nitrogens with one attached hydrogen (secondary N) is 1. The first-order valence-corrected chi connectivity index (χ1v) is 8.26. The third kappa shape index (κ3) is 4.42. The van der Waals surface area contributed by atoms with Crippen molar-refractivity contribution in [3.63, 3.8) is 0 Å². The first-order valence-electron chi connectivity index (χ1n) is 8.26. The number of hydrogen-bond donors (Lipinski definition) is 2. The molecule has 0 spiro atoms. The van der Waals surface area contributed by atoms with Gasteiger partial charge in [-0.2, -0.15) is 5.26 Å². The van der Waals surface area contributed by atoms with E-state index in [1.165, 1.54) is 6.42 Å². The van der Waals surface area contributed by atoms with Crippen molar-refractivity contribution in [2.45, 2.75) is 69.4 Å². The second-order valence-electron chi connectivity index (χ2n) is 6.44. The predicted octanol–water partition coefficient (Wildman–Crippen LogP) is 1.57. The van der Waals surface area contributed by atoms with E-state index in [0.29, 0.717) is 19.0 Å².